The first-order chi connectivity index (χ1) is 7.38. The number of hydrogen-bond acceptors (Lipinski definition) is 2. The van der Waals surface area contributed by atoms with Gasteiger partial charge in [0.15, 0.2) is 0 Å². The van der Waals surface area contributed by atoms with E-state index in [1.54, 1.807) is 0 Å². The van der Waals surface area contributed by atoms with Gasteiger partial charge in [0.25, 0.3) is 0 Å². The fourth-order valence-electron chi connectivity index (χ4n) is 1.85. The van der Waals surface area contributed by atoms with Gasteiger partial charge < -0.3 is 0 Å². The maximum atomic E-state index is 4.34. The van der Waals surface area contributed by atoms with Crippen molar-refractivity contribution in [1.82, 2.24) is 9.97 Å². The second kappa shape index (κ2) is 7.38. The van der Waals surface area contributed by atoms with Crippen molar-refractivity contribution in [3.63, 3.8) is 0 Å². The maximum absolute atomic E-state index is 4.34. The Morgan fingerprint density at radius 3 is 2.40 bits per heavy atom. The molecule has 0 saturated carbocycles. The Balaban J connectivity index is 2.36. The van der Waals surface area contributed by atoms with E-state index in [1.807, 2.05) is 18.5 Å². The first kappa shape index (κ1) is 12.2. The summed E-state index contributed by atoms with van der Waals surface area (Å²) in [6.45, 7) is 4.47. The van der Waals surface area contributed by atoms with Crippen LogP contribution < -0.4 is 0 Å². The average molecular weight is 206 g/mol. The minimum absolute atomic E-state index is 0.558. The Morgan fingerprint density at radius 1 is 1.07 bits per heavy atom. The van der Waals surface area contributed by atoms with Gasteiger partial charge in [-0.15, -0.1) is 0 Å². The largest absolute Gasteiger partial charge is 0.241 e. The van der Waals surface area contributed by atoms with Crippen molar-refractivity contribution in [2.75, 3.05) is 0 Å². The first-order valence-corrected chi connectivity index (χ1v) is 6.15. The second-order valence-corrected chi connectivity index (χ2v) is 4.06. The van der Waals surface area contributed by atoms with Crippen molar-refractivity contribution in [2.24, 2.45) is 0 Å². The molecule has 0 aliphatic heterocycles. The molecule has 0 fully saturated rings. The topological polar surface area (TPSA) is 25.8 Å². The van der Waals surface area contributed by atoms with Gasteiger partial charge in [0, 0.05) is 18.3 Å². The van der Waals surface area contributed by atoms with E-state index in [-0.39, 0.29) is 0 Å². The van der Waals surface area contributed by atoms with Gasteiger partial charge in [-0.05, 0) is 18.9 Å². The summed E-state index contributed by atoms with van der Waals surface area (Å²) >= 11 is 0. The normalized spacial score (nSPS) is 12.7. The second-order valence-electron chi connectivity index (χ2n) is 4.06. The van der Waals surface area contributed by atoms with Crippen LogP contribution in [0.5, 0.6) is 0 Å². The van der Waals surface area contributed by atoms with Crippen molar-refractivity contribution >= 4 is 0 Å². The van der Waals surface area contributed by atoms with Gasteiger partial charge in [-0.2, -0.15) is 0 Å². The maximum Gasteiger partial charge on any atom is 0.131 e. The molecule has 2 heteroatoms. The molecule has 15 heavy (non-hydrogen) atoms. The predicted octanol–water partition coefficient (Wildman–Crippen LogP) is 3.94. The first-order valence-electron chi connectivity index (χ1n) is 6.15. The molecule has 0 aliphatic carbocycles. The number of rotatable bonds is 7. The molecule has 1 aromatic rings. The molecule has 0 bridgehead atoms. The average Bonchev–Trinajstić information content (AvgIpc) is 2.30. The van der Waals surface area contributed by atoms with Crippen molar-refractivity contribution < 1.29 is 0 Å². The Hall–Kier alpha value is -0.920. The van der Waals surface area contributed by atoms with Crippen LogP contribution in [-0.4, -0.2) is 9.97 Å². The molecule has 1 unspecified atom stereocenters. The molecule has 0 spiro atoms. The molecule has 0 amide bonds. The molecule has 2 nitrogen and oxygen atoms in total. The van der Waals surface area contributed by atoms with Crippen LogP contribution >= 0.6 is 0 Å². The lowest BCUT2D eigenvalue weighted by atomic mass is 9.97. The number of aromatic nitrogens is 2. The van der Waals surface area contributed by atoms with E-state index < -0.39 is 0 Å². The van der Waals surface area contributed by atoms with Crippen molar-refractivity contribution in [2.45, 2.75) is 58.3 Å². The molecule has 0 radical (unpaired) electrons. The lowest BCUT2D eigenvalue weighted by molar-refractivity contribution is 0.522. The molecule has 0 aromatic carbocycles. The third kappa shape index (κ3) is 4.41. The van der Waals surface area contributed by atoms with Gasteiger partial charge in [-0.3, -0.25) is 0 Å². The van der Waals surface area contributed by atoms with Crippen LogP contribution in [0.25, 0.3) is 0 Å². The van der Waals surface area contributed by atoms with E-state index in [4.69, 9.17) is 0 Å². The predicted molar refractivity (Wildman–Crippen MR) is 63.8 cm³/mol. The molecular formula is C13H22N2. The van der Waals surface area contributed by atoms with Crippen LogP contribution in [0.15, 0.2) is 18.5 Å². The minimum Gasteiger partial charge on any atom is -0.241 e. The lowest BCUT2D eigenvalue weighted by Gasteiger charge is -2.12. The highest BCUT2D eigenvalue weighted by Gasteiger charge is 2.10. The zero-order chi connectivity index (χ0) is 10.9. The lowest BCUT2D eigenvalue weighted by Crippen LogP contribution is -2.02. The summed E-state index contributed by atoms with van der Waals surface area (Å²) in [5, 5.41) is 0. The summed E-state index contributed by atoms with van der Waals surface area (Å²) in [4.78, 5) is 8.68. The van der Waals surface area contributed by atoms with Gasteiger partial charge in [0.2, 0.25) is 0 Å². The summed E-state index contributed by atoms with van der Waals surface area (Å²) in [5.41, 5.74) is 0. The zero-order valence-electron chi connectivity index (χ0n) is 9.95. The number of unbranched alkanes of at least 4 members (excludes halogenated alkanes) is 3. The summed E-state index contributed by atoms with van der Waals surface area (Å²) in [7, 11) is 0. The molecule has 1 heterocycles. The summed E-state index contributed by atoms with van der Waals surface area (Å²) in [6, 6.07) is 1.88. The van der Waals surface area contributed by atoms with Gasteiger partial charge >= 0.3 is 0 Å². The zero-order valence-corrected chi connectivity index (χ0v) is 9.95. The van der Waals surface area contributed by atoms with Crippen LogP contribution in [0.4, 0.5) is 0 Å². The van der Waals surface area contributed by atoms with Gasteiger partial charge in [-0.25, -0.2) is 9.97 Å². The molecule has 0 aliphatic rings. The molecule has 0 saturated heterocycles. The van der Waals surface area contributed by atoms with E-state index in [0.29, 0.717) is 5.92 Å². The molecule has 1 aromatic heterocycles. The quantitative estimate of drug-likeness (QED) is 0.631. The highest BCUT2D eigenvalue weighted by atomic mass is 14.9. The third-order valence-electron chi connectivity index (χ3n) is 2.85. The Labute approximate surface area is 93.2 Å². The fourth-order valence-corrected chi connectivity index (χ4v) is 1.85. The van der Waals surface area contributed by atoms with Crippen LogP contribution in [0.2, 0.25) is 0 Å². The molecule has 84 valence electrons. The van der Waals surface area contributed by atoms with E-state index in [1.165, 1.54) is 32.1 Å². The van der Waals surface area contributed by atoms with E-state index in [0.717, 1.165) is 12.2 Å². The molecule has 1 atom stereocenters. The Morgan fingerprint density at radius 2 is 1.80 bits per heavy atom. The smallest absolute Gasteiger partial charge is 0.131 e. The highest BCUT2D eigenvalue weighted by molar-refractivity contribution is 4.96. The van der Waals surface area contributed by atoms with Gasteiger partial charge in [0.1, 0.15) is 5.82 Å². The number of nitrogens with zero attached hydrogens (tertiary/aromatic N) is 2. The van der Waals surface area contributed by atoms with E-state index in [9.17, 15) is 0 Å². The number of hydrogen-bond donors (Lipinski definition) is 0. The van der Waals surface area contributed by atoms with E-state index in [2.05, 4.69) is 23.8 Å². The van der Waals surface area contributed by atoms with Crippen LogP contribution in [-0.2, 0) is 0 Å². The SMILES string of the molecule is CCCCCCC(CC)c1ncccn1. The minimum atomic E-state index is 0.558. The molecule has 0 N–H and O–H groups in total. The van der Waals surface area contributed by atoms with Crippen LogP contribution in [0, 0.1) is 0 Å². The molecular weight excluding hydrogens is 184 g/mol. The monoisotopic (exact) mass is 206 g/mol. The highest BCUT2D eigenvalue weighted by Crippen LogP contribution is 2.22. The summed E-state index contributed by atoms with van der Waals surface area (Å²) in [6.07, 6.45) is 11.4. The fraction of sp³-hybridized carbons (Fsp3) is 0.692. The summed E-state index contributed by atoms with van der Waals surface area (Å²) < 4.78 is 0. The Kier molecular flexibility index (Phi) is 5.98. The Bertz CT molecular complexity index is 246. The summed E-state index contributed by atoms with van der Waals surface area (Å²) in [5.74, 6) is 1.58. The molecule has 1 rings (SSSR count). The van der Waals surface area contributed by atoms with Crippen molar-refractivity contribution in [3.05, 3.63) is 24.3 Å². The standard InChI is InChI=1S/C13H22N2/c1-3-5-6-7-9-12(4-2)13-14-10-8-11-15-13/h8,10-12H,3-7,9H2,1-2H3. The van der Waals surface area contributed by atoms with Gasteiger partial charge in [0.05, 0.1) is 0 Å². The van der Waals surface area contributed by atoms with Crippen molar-refractivity contribution in [1.29, 1.82) is 0 Å². The van der Waals surface area contributed by atoms with Crippen LogP contribution in [0.3, 0.4) is 0 Å². The van der Waals surface area contributed by atoms with Crippen molar-refractivity contribution in [3.8, 4) is 0 Å². The third-order valence-corrected chi connectivity index (χ3v) is 2.85. The van der Waals surface area contributed by atoms with Crippen LogP contribution in [0.1, 0.15) is 64.1 Å². The van der Waals surface area contributed by atoms with Gasteiger partial charge in [-0.1, -0.05) is 39.5 Å². The van der Waals surface area contributed by atoms with E-state index >= 15 is 0 Å².